The van der Waals surface area contributed by atoms with Crippen LogP contribution >= 0.6 is 11.6 Å². The molecule has 2 aromatic rings. The third-order valence-electron chi connectivity index (χ3n) is 2.02. The molecular weight excluding hydrogens is 202 g/mol. The molecule has 14 heavy (non-hydrogen) atoms. The van der Waals surface area contributed by atoms with Crippen LogP contribution in [0.15, 0.2) is 6.07 Å². The van der Waals surface area contributed by atoms with Crippen molar-refractivity contribution >= 4 is 17.4 Å². The van der Waals surface area contributed by atoms with Crippen LogP contribution in [0.2, 0.25) is 5.15 Å². The zero-order valence-corrected chi connectivity index (χ0v) is 8.63. The van der Waals surface area contributed by atoms with E-state index in [0.717, 1.165) is 17.0 Å². The maximum atomic E-state index is 6.07. The number of nitrogen functional groups attached to an aromatic ring is 1. The van der Waals surface area contributed by atoms with E-state index in [1.54, 1.807) is 17.8 Å². The molecule has 0 amide bonds. The smallest absolute Gasteiger partial charge is 0.145 e. The molecule has 5 nitrogen and oxygen atoms in total. The quantitative estimate of drug-likeness (QED) is 0.748. The summed E-state index contributed by atoms with van der Waals surface area (Å²) in [5, 5.41) is 11.4. The van der Waals surface area contributed by atoms with Crippen molar-refractivity contribution in [1.82, 2.24) is 20.0 Å². The van der Waals surface area contributed by atoms with Gasteiger partial charge in [-0.15, -0.1) is 0 Å². The monoisotopic (exact) mass is 211 g/mol. The van der Waals surface area contributed by atoms with E-state index in [4.69, 9.17) is 17.3 Å². The molecule has 2 rings (SSSR count). The highest BCUT2D eigenvalue weighted by atomic mass is 35.5. The molecule has 0 aliphatic heterocycles. The average Bonchev–Trinajstić information content (AvgIpc) is 2.60. The number of nitrogens with one attached hydrogen (secondary N) is 1. The van der Waals surface area contributed by atoms with Crippen LogP contribution in [0.4, 0.5) is 5.82 Å². The number of H-pyrrole nitrogens is 1. The summed E-state index contributed by atoms with van der Waals surface area (Å²) in [6.07, 6.45) is 0. The second-order valence-corrected chi connectivity index (χ2v) is 3.44. The molecule has 0 aliphatic carbocycles. The fourth-order valence-corrected chi connectivity index (χ4v) is 1.68. The molecule has 0 atom stereocenters. The van der Waals surface area contributed by atoms with E-state index in [1.807, 2.05) is 6.92 Å². The van der Waals surface area contributed by atoms with Gasteiger partial charge in [-0.2, -0.15) is 10.2 Å². The van der Waals surface area contributed by atoms with E-state index in [-0.39, 0.29) is 0 Å². The second kappa shape index (κ2) is 3.02. The summed E-state index contributed by atoms with van der Waals surface area (Å²) in [6.45, 7) is 1.89. The van der Waals surface area contributed by atoms with Crippen molar-refractivity contribution in [2.45, 2.75) is 6.92 Å². The van der Waals surface area contributed by atoms with Gasteiger partial charge in [0, 0.05) is 13.1 Å². The molecule has 0 aliphatic rings. The van der Waals surface area contributed by atoms with Crippen LogP contribution in [0.25, 0.3) is 11.3 Å². The average molecular weight is 212 g/mol. The lowest BCUT2D eigenvalue weighted by Gasteiger charge is -1.94. The van der Waals surface area contributed by atoms with E-state index in [1.165, 1.54) is 0 Å². The Bertz CT molecular complexity index is 470. The van der Waals surface area contributed by atoms with Gasteiger partial charge in [0.15, 0.2) is 0 Å². The Morgan fingerprint density at radius 1 is 1.57 bits per heavy atom. The highest BCUT2D eigenvalue weighted by molar-refractivity contribution is 6.32. The Hall–Kier alpha value is -1.49. The summed E-state index contributed by atoms with van der Waals surface area (Å²) >= 11 is 6.07. The fourth-order valence-electron chi connectivity index (χ4n) is 1.40. The van der Waals surface area contributed by atoms with Crippen molar-refractivity contribution in [1.29, 1.82) is 0 Å². The van der Waals surface area contributed by atoms with Gasteiger partial charge in [-0.05, 0) is 6.92 Å². The van der Waals surface area contributed by atoms with Crippen molar-refractivity contribution in [3.05, 3.63) is 16.9 Å². The van der Waals surface area contributed by atoms with Gasteiger partial charge in [-0.3, -0.25) is 9.78 Å². The number of rotatable bonds is 1. The summed E-state index contributed by atoms with van der Waals surface area (Å²) in [4.78, 5) is 0. The predicted octanol–water partition coefficient (Wildman–Crippen LogP) is 1.35. The third-order valence-corrected chi connectivity index (χ3v) is 2.45. The van der Waals surface area contributed by atoms with Gasteiger partial charge in [0.2, 0.25) is 0 Å². The number of anilines is 1. The Balaban J connectivity index is 2.61. The normalized spacial score (nSPS) is 10.8. The molecule has 0 saturated heterocycles. The number of hydrogen-bond donors (Lipinski definition) is 2. The van der Waals surface area contributed by atoms with Crippen LogP contribution < -0.4 is 5.73 Å². The minimum absolute atomic E-state index is 0.444. The maximum Gasteiger partial charge on any atom is 0.145 e. The fraction of sp³-hybridized carbons (Fsp3) is 0.250. The van der Waals surface area contributed by atoms with Gasteiger partial charge in [0.05, 0.1) is 17.0 Å². The SMILES string of the molecule is Cc1nn(C)c(Cl)c1-c1cc(N)n[nH]1. The first-order valence-electron chi connectivity index (χ1n) is 4.10. The van der Waals surface area contributed by atoms with Crippen molar-refractivity contribution in [2.24, 2.45) is 7.05 Å². The number of aromatic nitrogens is 4. The second-order valence-electron chi connectivity index (χ2n) is 3.08. The molecule has 0 unspecified atom stereocenters. The lowest BCUT2D eigenvalue weighted by molar-refractivity contribution is 0.757. The summed E-state index contributed by atoms with van der Waals surface area (Å²) in [5.41, 5.74) is 7.99. The maximum absolute atomic E-state index is 6.07. The first-order valence-corrected chi connectivity index (χ1v) is 4.47. The third kappa shape index (κ3) is 1.26. The first kappa shape index (κ1) is 9.08. The molecule has 3 N–H and O–H groups in total. The van der Waals surface area contributed by atoms with Crippen LogP contribution in [0.1, 0.15) is 5.69 Å². The largest absolute Gasteiger partial charge is 0.382 e. The van der Waals surface area contributed by atoms with Crippen LogP contribution in [0.3, 0.4) is 0 Å². The standard InChI is InChI=1S/C8H10ClN5/c1-4-7(8(9)14(2)13-4)5-3-6(10)12-11-5/h3H,1-2H3,(H3,10,11,12). The topological polar surface area (TPSA) is 72.5 Å². The Kier molecular flexibility index (Phi) is 1.96. The molecule has 0 saturated carbocycles. The first-order chi connectivity index (χ1) is 6.59. The zero-order valence-electron chi connectivity index (χ0n) is 7.87. The van der Waals surface area contributed by atoms with E-state index in [0.29, 0.717) is 11.0 Å². The summed E-state index contributed by atoms with van der Waals surface area (Å²) in [6, 6.07) is 1.73. The van der Waals surface area contributed by atoms with Gasteiger partial charge in [-0.25, -0.2) is 0 Å². The van der Waals surface area contributed by atoms with E-state index < -0.39 is 0 Å². The van der Waals surface area contributed by atoms with Crippen molar-refractivity contribution < 1.29 is 0 Å². The molecule has 0 spiro atoms. The molecule has 0 fully saturated rings. The number of nitrogens with zero attached hydrogens (tertiary/aromatic N) is 3. The summed E-state index contributed by atoms with van der Waals surface area (Å²) in [5.74, 6) is 0.444. The molecular formula is C8H10ClN5. The number of aromatic amines is 1. The molecule has 2 heterocycles. The molecule has 2 aromatic heterocycles. The van der Waals surface area contributed by atoms with E-state index in [9.17, 15) is 0 Å². The highest BCUT2D eigenvalue weighted by Gasteiger charge is 2.14. The van der Waals surface area contributed by atoms with Gasteiger partial charge < -0.3 is 5.73 Å². The van der Waals surface area contributed by atoms with Crippen molar-refractivity contribution in [3.63, 3.8) is 0 Å². The Labute approximate surface area is 85.9 Å². The van der Waals surface area contributed by atoms with Crippen LogP contribution in [0.5, 0.6) is 0 Å². The molecule has 0 aromatic carbocycles. The molecule has 0 radical (unpaired) electrons. The number of halogens is 1. The molecule has 0 bridgehead atoms. The lowest BCUT2D eigenvalue weighted by Crippen LogP contribution is -1.88. The minimum Gasteiger partial charge on any atom is -0.382 e. The number of hydrogen-bond acceptors (Lipinski definition) is 3. The Morgan fingerprint density at radius 3 is 2.71 bits per heavy atom. The number of aryl methyl sites for hydroxylation is 2. The predicted molar refractivity (Wildman–Crippen MR) is 54.9 cm³/mol. The van der Waals surface area contributed by atoms with E-state index >= 15 is 0 Å². The zero-order chi connectivity index (χ0) is 10.3. The van der Waals surface area contributed by atoms with Crippen LogP contribution in [0, 0.1) is 6.92 Å². The number of nitrogens with two attached hydrogens (primary N) is 1. The van der Waals surface area contributed by atoms with Crippen molar-refractivity contribution in [2.75, 3.05) is 5.73 Å². The summed E-state index contributed by atoms with van der Waals surface area (Å²) in [7, 11) is 1.79. The van der Waals surface area contributed by atoms with Crippen LogP contribution in [-0.4, -0.2) is 20.0 Å². The lowest BCUT2D eigenvalue weighted by atomic mass is 10.2. The van der Waals surface area contributed by atoms with Gasteiger partial charge in [0.1, 0.15) is 11.0 Å². The van der Waals surface area contributed by atoms with Gasteiger partial charge >= 0.3 is 0 Å². The van der Waals surface area contributed by atoms with Crippen molar-refractivity contribution in [3.8, 4) is 11.3 Å². The molecule has 74 valence electrons. The van der Waals surface area contributed by atoms with Gasteiger partial charge in [-0.1, -0.05) is 11.6 Å². The molecule has 6 heteroatoms. The summed E-state index contributed by atoms with van der Waals surface area (Å²) < 4.78 is 1.61. The van der Waals surface area contributed by atoms with Crippen LogP contribution in [-0.2, 0) is 7.05 Å². The minimum atomic E-state index is 0.444. The van der Waals surface area contributed by atoms with E-state index in [2.05, 4.69) is 15.3 Å². The highest BCUT2D eigenvalue weighted by Crippen LogP contribution is 2.29. The van der Waals surface area contributed by atoms with Gasteiger partial charge in [0.25, 0.3) is 0 Å². The Morgan fingerprint density at radius 2 is 2.29 bits per heavy atom.